The lowest BCUT2D eigenvalue weighted by molar-refractivity contribution is -0.223. The molecular formula is C36H57NO5. The molecule has 5 aliphatic rings. The molecular weight excluding hydrogens is 526 g/mol. The van der Waals surface area contributed by atoms with Crippen molar-refractivity contribution in [2.24, 2.45) is 56.7 Å². The number of fused-ring (bicyclic) bond motifs is 7. The Balaban J connectivity index is 1.57. The number of hydrogen-bond donors (Lipinski definition) is 0. The van der Waals surface area contributed by atoms with Crippen LogP contribution in [0.2, 0.25) is 0 Å². The fourth-order valence-corrected chi connectivity index (χ4v) is 11.5. The van der Waals surface area contributed by atoms with E-state index < -0.39 is 16.9 Å². The second-order valence-electron chi connectivity index (χ2n) is 16.6. The van der Waals surface area contributed by atoms with E-state index in [0.29, 0.717) is 37.3 Å². The molecule has 0 spiro atoms. The number of ketones is 1. The van der Waals surface area contributed by atoms with Crippen molar-refractivity contribution in [1.29, 1.82) is 0 Å². The molecule has 0 aromatic carbocycles. The van der Waals surface area contributed by atoms with Crippen molar-refractivity contribution in [3.05, 3.63) is 11.6 Å². The Morgan fingerprint density at radius 3 is 2.29 bits per heavy atom. The van der Waals surface area contributed by atoms with Gasteiger partial charge in [-0.05, 0) is 124 Å². The first-order valence-electron chi connectivity index (χ1n) is 16.7. The van der Waals surface area contributed by atoms with Crippen LogP contribution >= 0.6 is 0 Å². The van der Waals surface area contributed by atoms with Gasteiger partial charge in [0.1, 0.15) is 18.1 Å². The predicted molar refractivity (Wildman–Crippen MR) is 164 cm³/mol. The highest BCUT2D eigenvalue weighted by Gasteiger charge is 2.72. The number of ether oxygens (including phenoxy) is 2. The van der Waals surface area contributed by atoms with E-state index in [1.54, 1.807) is 0 Å². The number of carbonyl (C=O) groups excluding carboxylic acids is 3. The van der Waals surface area contributed by atoms with Gasteiger partial charge in [-0.25, -0.2) is 0 Å². The van der Waals surface area contributed by atoms with E-state index in [0.717, 1.165) is 25.7 Å². The molecule has 0 saturated heterocycles. The average molecular weight is 584 g/mol. The van der Waals surface area contributed by atoms with E-state index in [4.69, 9.17) is 9.47 Å². The van der Waals surface area contributed by atoms with Gasteiger partial charge in [0.15, 0.2) is 5.78 Å². The molecule has 4 fully saturated rings. The highest BCUT2D eigenvalue weighted by molar-refractivity contribution is 5.96. The third kappa shape index (κ3) is 4.38. The Morgan fingerprint density at radius 1 is 0.952 bits per heavy atom. The Kier molecular flexibility index (Phi) is 7.89. The molecule has 5 aliphatic carbocycles. The maximum Gasteiger partial charge on any atom is 0.315 e. The molecule has 4 unspecified atom stereocenters. The minimum absolute atomic E-state index is 0.0512. The van der Waals surface area contributed by atoms with Crippen LogP contribution in [0.15, 0.2) is 11.6 Å². The first kappa shape index (κ1) is 31.7. The molecule has 0 heterocycles. The van der Waals surface area contributed by atoms with Crippen LogP contribution < -0.4 is 0 Å². The molecule has 0 aromatic rings. The molecule has 0 N–H and O–H groups in total. The summed E-state index contributed by atoms with van der Waals surface area (Å²) in [4.78, 5) is 42.9. The van der Waals surface area contributed by atoms with E-state index in [2.05, 4.69) is 47.6 Å². The SMILES string of the molecule is CC(=O)OC1CC[C@@]2(C)C(CC[C@]3(C)C2C(=O)C=C2C4[C@@H](C)[C@H](C)CC[C@]4(C)CC[C@]23C)[C@@]1(C)C(=O)OCCN(C)C. The molecule has 6 heteroatoms. The highest BCUT2D eigenvalue weighted by Crippen LogP contribution is 2.75. The van der Waals surface area contributed by atoms with Crippen molar-refractivity contribution in [3.63, 3.8) is 0 Å². The van der Waals surface area contributed by atoms with Crippen LogP contribution in [0.25, 0.3) is 0 Å². The van der Waals surface area contributed by atoms with Crippen molar-refractivity contribution in [2.75, 3.05) is 27.2 Å². The van der Waals surface area contributed by atoms with Gasteiger partial charge in [-0.15, -0.1) is 0 Å². The summed E-state index contributed by atoms with van der Waals surface area (Å²) in [6, 6.07) is 0. The van der Waals surface area contributed by atoms with Crippen molar-refractivity contribution in [3.8, 4) is 0 Å². The molecule has 0 bridgehead atoms. The van der Waals surface area contributed by atoms with Crippen molar-refractivity contribution in [1.82, 2.24) is 4.90 Å². The van der Waals surface area contributed by atoms with Crippen LogP contribution in [-0.2, 0) is 23.9 Å². The Labute approximate surface area is 254 Å². The lowest BCUT2D eigenvalue weighted by Crippen LogP contribution is -2.68. The first-order chi connectivity index (χ1) is 19.5. The van der Waals surface area contributed by atoms with E-state index in [9.17, 15) is 14.4 Å². The molecule has 6 nitrogen and oxygen atoms in total. The Morgan fingerprint density at radius 2 is 1.64 bits per heavy atom. The molecule has 0 aliphatic heterocycles. The van der Waals surface area contributed by atoms with Crippen LogP contribution in [0, 0.1) is 56.7 Å². The van der Waals surface area contributed by atoms with Gasteiger partial charge in [-0.2, -0.15) is 0 Å². The standard InChI is InChI=1S/C36H57NO5/c1-22-11-14-32(4)17-18-34(6)25(29(32)23(22)2)21-26(39)30-33(5)15-13-28(42-24(3)38)36(8,27(33)12-16-35(30,34)7)31(40)41-20-19-37(9)10/h21-23,27-30H,11-20H2,1-10H3/t22-,23+,27?,28?,29?,30?,32-,33+,34-,35-,36-/m1/s1. The molecule has 5 rings (SSSR count). The number of carbonyl (C=O) groups is 3. The number of rotatable bonds is 5. The summed E-state index contributed by atoms with van der Waals surface area (Å²) >= 11 is 0. The number of esters is 2. The van der Waals surface area contributed by atoms with Crippen LogP contribution in [-0.4, -0.2) is 56.0 Å². The average Bonchev–Trinajstić information content (AvgIpc) is 2.89. The zero-order chi connectivity index (χ0) is 31.0. The van der Waals surface area contributed by atoms with Gasteiger partial charge in [0.25, 0.3) is 0 Å². The van der Waals surface area contributed by atoms with Gasteiger partial charge in [-0.1, -0.05) is 47.1 Å². The largest absolute Gasteiger partial charge is 0.464 e. The summed E-state index contributed by atoms with van der Waals surface area (Å²) in [7, 11) is 3.91. The molecule has 0 aromatic heterocycles. The number of allylic oxidation sites excluding steroid dienone is 2. The van der Waals surface area contributed by atoms with Crippen molar-refractivity contribution in [2.45, 2.75) is 113 Å². The minimum Gasteiger partial charge on any atom is -0.464 e. The third-order valence-electron chi connectivity index (χ3n) is 14.3. The summed E-state index contributed by atoms with van der Waals surface area (Å²) in [5.74, 6) is 0.990. The van der Waals surface area contributed by atoms with E-state index in [-0.39, 0.29) is 45.8 Å². The zero-order valence-electron chi connectivity index (χ0n) is 28.1. The van der Waals surface area contributed by atoms with Crippen LogP contribution in [0.1, 0.15) is 107 Å². The van der Waals surface area contributed by atoms with E-state index in [1.165, 1.54) is 31.8 Å². The number of hydrogen-bond acceptors (Lipinski definition) is 6. The molecule has 0 radical (unpaired) electrons. The lowest BCUT2D eigenvalue weighted by atomic mass is 9.33. The van der Waals surface area contributed by atoms with Gasteiger partial charge in [0.05, 0.1) is 0 Å². The minimum atomic E-state index is -1.00. The highest BCUT2D eigenvalue weighted by atomic mass is 16.6. The molecule has 11 atom stereocenters. The number of nitrogens with zero attached hydrogens (tertiary/aromatic N) is 1. The van der Waals surface area contributed by atoms with Gasteiger partial charge < -0.3 is 14.4 Å². The Bertz CT molecular complexity index is 1160. The van der Waals surface area contributed by atoms with E-state index in [1.807, 2.05) is 25.9 Å². The quantitative estimate of drug-likeness (QED) is 0.329. The van der Waals surface area contributed by atoms with Crippen LogP contribution in [0.4, 0.5) is 0 Å². The third-order valence-corrected chi connectivity index (χ3v) is 14.3. The van der Waals surface area contributed by atoms with Crippen LogP contribution in [0.5, 0.6) is 0 Å². The maximum absolute atomic E-state index is 14.7. The molecule has 42 heavy (non-hydrogen) atoms. The predicted octanol–water partition coefficient (Wildman–Crippen LogP) is 6.86. The maximum atomic E-state index is 14.7. The zero-order valence-corrected chi connectivity index (χ0v) is 28.1. The Hall–Kier alpha value is -1.69. The lowest BCUT2D eigenvalue weighted by Gasteiger charge is -2.70. The summed E-state index contributed by atoms with van der Waals surface area (Å²) in [6.07, 6.45) is 9.45. The summed E-state index contributed by atoms with van der Waals surface area (Å²) in [5.41, 5.74) is 0.0537. The van der Waals surface area contributed by atoms with Crippen molar-refractivity contribution >= 4 is 17.7 Å². The summed E-state index contributed by atoms with van der Waals surface area (Å²) in [6.45, 7) is 18.8. The fraction of sp³-hybridized carbons (Fsp3) is 0.861. The monoisotopic (exact) mass is 583 g/mol. The number of likely N-dealkylation sites (N-methyl/N-ethyl adjacent to an activating group) is 1. The molecule has 236 valence electrons. The van der Waals surface area contributed by atoms with Crippen molar-refractivity contribution < 1.29 is 23.9 Å². The second kappa shape index (κ2) is 10.4. The fourth-order valence-electron chi connectivity index (χ4n) is 11.5. The van der Waals surface area contributed by atoms with Gasteiger partial charge in [0, 0.05) is 19.4 Å². The van der Waals surface area contributed by atoms with Crippen LogP contribution in [0.3, 0.4) is 0 Å². The second-order valence-corrected chi connectivity index (χ2v) is 16.6. The van der Waals surface area contributed by atoms with E-state index >= 15 is 0 Å². The molecule has 0 amide bonds. The summed E-state index contributed by atoms with van der Waals surface area (Å²) < 4.78 is 11.8. The normalized spacial score (nSPS) is 48.3. The van der Waals surface area contributed by atoms with Gasteiger partial charge >= 0.3 is 11.9 Å². The smallest absolute Gasteiger partial charge is 0.315 e. The molecule has 4 saturated carbocycles. The topological polar surface area (TPSA) is 72.9 Å². The summed E-state index contributed by atoms with van der Waals surface area (Å²) in [5, 5.41) is 0. The van der Waals surface area contributed by atoms with Gasteiger partial charge in [-0.3, -0.25) is 14.4 Å². The first-order valence-corrected chi connectivity index (χ1v) is 16.7. The van der Waals surface area contributed by atoms with Gasteiger partial charge in [0.2, 0.25) is 0 Å².